The Hall–Kier alpha value is -1.95. The van der Waals surface area contributed by atoms with Gasteiger partial charge in [0.05, 0.1) is 12.0 Å². The summed E-state index contributed by atoms with van der Waals surface area (Å²) >= 11 is 0. The summed E-state index contributed by atoms with van der Waals surface area (Å²) in [6.45, 7) is 0. The lowest BCUT2D eigenvalue weighted by molar-refractivity contribution is -0.384. The molecule has 12 heteroatoms. The summed E-state index contributed by atoms with van der Waals surface area (Å²) in [7, 11) is -9.97. The maximum atomic E-state index is 12.9. The molecule has 0 saturated carbocycles. The van der Waals surface area contributed by atoms with Gasteiger partial charge in [-0.2, -0.15) is 0 Å². The zero-order valence-corrected chi connectivity index (χ0v) is 11.6. The van der Waals surface area contributed by atoms with Crippen LogP contribution in [0.1, 0.15) is 11.7 Å². The van der Waals surface area contributed by atoms with Crippen LogP contribution in [0.25, 0.3) is 0 Å². The van der Waals surface area contributed by atoms with Crippen LogP contribution in [-0.4, -0.2) is 28.4 Å². The molecule has 0 spiro atoms. The molecular formula is C10H10F5NO5S. The lowest BCUT2D eigenvalue weighted by Crippen LogP contribution is -2.39. The Morgan fingerprint density at radius 2 is 1.68 bits per heavy atom. The van der Waals surface area contributed by atoms with Crippen molar-refractivity contribution in [3.8, 4) is 0 Å². The Bertz CT molecular complexity index is 602. The van der Waals surface area contributed by atoms with Gasteiger partial charge in [0.15, 0.2) is 0 Å². The molecular weight excluding hydrogens is 341 g/mol. The van der Waals surface area contributed by atoms with E-state index in [4.69, 9.17) is 0 Å². The average Bonchev–Trinajstić information content (AvgIpc) is 2.35. The second kappa shape index (κ2) is 4.78. The van der Waals surface area contributed by atoms with Crippen molar-refractivity contribution in [2.45, 2.75) is 11.4 Å². The van der Waals surface area contributed by atoms with E-state index in [-0.39, 0.29) is 0 Å². The largest absolute Gasteiger partial charge is 0.468 e. The molecule has 126 valence electrons. The molecule has 1 aromatic carbocycles. The summed E-state index contributed by atoms with van der Waals surface area (Å²) in [6.07, 6.45) is -2.97. The normalized spacial score (nSPS) is 17.8. The van der Waals surface area contributed by atoms with Crippen LogP contribution in [0.15, 0.2) is 24.3 Å². The first-order chi connectivity index (χ1) is 9.67. The molecule has 0 aliphatic rings. The first kappa shape index (κ1) is 18.1. The zero-order valence-electron chi connectivity index (χ0n) is 10.8. The number of rotatable bonds is 5. The topological polar surface area (TPSA) is 89.7 Å². The number of aliphatic hydroxyl groups is 1. The van der Waals surface area contributed by atoms with Crippen LogP contribution in [0.3, 0.4) is 0 Å². The molecule has 0 amide bonds. The molecule has 6 nitrogen and oxygen atoms in total. The number of carbonyl (C=O) groups is 1. The number of nitrogens with zero attached hydrogens (tertiary/aromatic N) is 1. The molecule has 1 rings (SSSR count). The van der Waals surface area contributed by atoms with Crippen molar-refractivity contribution in [3.63, 3.8) is 0 Å². The van der Waals surface area contributed by atoms with E-state index in [1.165, 1.54) is 0 Å². The minimum absolute atomic E-state index is 0.460. The minimum atomic E-state index is -10.4. The number of benzene rings is 1. The second-order valence-electron chi connectivity index (χ2n) is 4.27. The van der Waals surface area contributed by atoms with Gasteiger partial charge in [0.2, 0.25) is 5.25 Å². The van der Waals surface area contributed by atoms with Gasteiger partial charge >= 0.3 is 16.2 Å². The Labute approximate surface area is 120 Å². The molecule has 0 heterocycles. The molecule has 0 fully saturated rings. The number of methoxy groups -OCH3 is 1. The van der Waals surface area contributed by atoms with Gasteiger partial charge in [0.1, 0.15) is 6.10 Å². The van der Waals surface area contributed by atoms with E-state index in [0.717, 1.165) is 0 Å². The van der Waals surface area contributed by atoms with Gasteiger partial charge in [-0.25, -0.2) is 0 Å². The van der Waals surface area contributed by atoms with Gasteiger partial charge < -0.3 is 9.84 Å². The molecule has 2 atom stereocenters. The van der Waals surface area contributed by atoms with Crippen molar-refractivity contribution >= 4 is 21.9 Å². The molecule has 0 aromatic heterocycles. The monoisotopic (exact) mass is 351 g/mol. The predicted octanol–water partition coefficient (Wildman–Crippen LogP) is 3.47. The Kier molecular flexibility index (Phi) is 3.93. The van der Waals surface area contributed by atoms with E-state index < -0.39 is 43.7 Å². The first-order valence-corrected chi connectivity index (χ1v) is 7.42. The number of nitro benzene ring substituents is 1. The third kappa shape index (κ3) is 4.04. The lowest BCUT2D eigenvalue weighted by atomic mass is 10.1. The van der Waals surface area contributed by atoms with Crippen molar-refractivity contribution in [2.24, 2.45) is 0 Å². The number of aliphatic hydroxyl groups excluding tert-OH is 1. The van der Waals surface area contributed by atoms with Crippen LogP contribution in [0.5, 0.6) is 0 Å². The SMILES string of the molecule is COC(=O)[C@H]([C@H](O)c1ccc([N+](=O)[O-])cc1)S(F)(F)(F)(F)F. The van der Waals surface area contributed by atoms with E-state index in [0.29, 0.717) is 31.4 Å². The minimum Gasteiger partial charge on any atom is -0.468 e. The van der Waals surface area contributed by atoms with Gasteiger partial charge in [-0.05, 0) is 17.7 Å². The first-order valence-electron chi connectivity index (χ1n) is 5.40. The maximum Gasteiger partial charge on any atom is 0.331 e. The maximum absolute atomic E-state index is 12.9. The Balaban J connectivity index is 3.33. The highest BCUT2D eigenvalue weighted by Crippen LogP contribution is 3.01. The van der Waals surface area contributed by atoms with Gasteiger partial charge in [0, 0.05) is 12.1 Å². The van der Waals surface area contributed by atoms with E-state index in [2.05, 4.69) is 4.74 Å². The number of non-ortho nitro benzene ring substituents is 1. The van der Waals surface area contributed by atoms with E-state index in [1.807, 2.05) is 0 Å². The van der Waals surface area contributed by atoms with E-state index in [1.54, 1.807) is 0 Å². The summed E-state index contributed by atoms with van der Waals surface area (Å²) in [5, 5.41) is 15.9. The summed E-state index contributed by atoms with van der Waals surface area (Å²) in [5.74, 6) is -2.36. The second-order valence-corrected chi connectivity index (χ2v) is 6.83. The van der Waals surface area contributed by atoms with Crippen LogP contribution in [0.2, 0.25) is 0 Å². The highest BCUT2D eigenvalue weighted by Gasteiger charge is 2.75. The van der Waals surface area contributed by atoms with Gasteiger partial charge in [-0.15, -0.1) is 0 Å². The Morgan fingerprint density at radius 1 is 1.23 bits per heavy atom. The summed E-state index contributed by atoms with van der Waals surface area (Å²) in [6, 6.07) is 2.70. The molecule has 0 bridgehead atoms. The highest BCUT2D eigenvalue weighted by molar-refractivity contribution is 8.46. The molecule has 0 unspecified atom stereocenters. The van der Waals surface area contributed by atoms with Crippen molar-refractivity contribution < 1.29 is 39.0 Å². The summed E-state index contributed by atoms with van der Waals surface area (Å²) in [5.41, 5.74) is -1.27. The zero-order chi connectivity index (χ0) is 17.4. The number of nitro groups is 1. The van der Waals surface area contributed by atoms with Crippen LogP contribution in [-0.2, 0) is 9.53 Å². The van der Waals surface area contributed by atoms with Crippen molar-refractivity contribution in [1.82, 2.24) is 0 Å². The molecule has 0 radical (unpaired) electrons. The number of esters is 1. The molecule has 0 saturated heterocycles. The van der Waals surface area contributed by atoms with Crippen LogP contribution < -0.4 is 0 Å². The summed E-state index contributed by atoms with van der Waals surface area (Å²) in [4.78, 5) is 20.6. The quantitative estimate of drug-likeness (QED) is 0.380. The number of hydrogen-bond donors (Lipinski definition) is 1. The summed E-state index contributed by atoms with van der Waals surface area (Å²) < 4.78 is 68.2. The Morgan fingerprint density at radius 3 is 2.00 bits per heavy atom. The van der Waals surface area contributed by atoms with E-state index >= 15 is 0 Å². The molecule has 22 heavy (non-hydrogen) atoms. The predicted molar refractivity (Wildman–Crippen MR) is 67.0 cm³/mol. The number of halogens is 5. The van der Waals surface area contributed by atoms with Crippen molar-refractivity contribution in [1.29, 1.82) is 0 Å². The van der Waals surface area contributed by atoms with Gasteiger partial charge in [0.25, 0.3) is 5.69 Å². The molecule has 0 aliphatic carbocycles. The fraction of sp³-hybridized carbons (Fsp3) is 0.300. The smallest absolute Gasteiger partial charge is 0.331 e. The highest BCUT2D eigenvalue weighted by atomic mass is 32.5. The van der Waals surface area contributed by atoms with E-state index in [9.17, 15) is 39.4 Å². The number of carbonyl (C=O) groups excluding carboxylic acids is 1. The third-order valence-electron chi connectivity index (χ3n) is 2.65. The van der Waals surface area contributed by atoms with Gasteiger partial charge in [-0.1, -0.05) is 19.4 Å². The van der Waals surface area contributed by atoms with Crippen molar-refractivity contribution in [3.05, 3.63) is 39.9 Å². The van der Waals surface area contributed by atoms with Crippen LogP contribution in [0.4, 0.5) is 25.1 Å². The number of hydrogen-bond acceptors (Lipinski definition) is 5. The standard InChI is InChI=1S/C10H10F5NO5S/c1-21-10(18)9(22(11,12,13,14)15)8(17)6-2-4-7(5-3-6)16(19)20/h2-5,8-9,17H,1H3/t8-,9+/m1/s1. The van der Waals surface area contributed by atoms with Crippen molar-refractivity contribution in [2.75, 3.05) is 7.11 Å². The fourth-order valence-corrected chi connectivity index (χ4v) is 2.74. The third-order valence-corrected chi connectivity index (χ3v) is 4.06. The van der Waals surface area contributed by atoms with Crippen LogP contribution >= 0.6 is 10.2 Å². The number of ether oxygens (including phenoxy) is 1. The van der Waals surface area contributed by atoms with Gasteiger partial charge in [-0.3, -0.25) is 14.9 Å². The lowest BCUT2D eigenvalue weighted by Gasteiger charge is -2.46. The molecule has 0 aliphatic heterocycles. The average molecular weight is 351 g/mol. The molecule has 1 N–H and O–H groups in total. The molecule has 1 aromatic rings. The van der Waals surface area contributed by atoms with Crippen LogP contribution in [0, 0.1) is 10.1 Å². The fourth-order valence-electron chi connectivity index (χ4n) is 1.64.